The number of carbonyl (C=O) groups excluding carboxylic acids is 1. The summed E-state index contributed by atoms with van der Waals surface area (Å²) in [5.41, 5.74) is 0.502. The lowest BCUT2D eigenvalue weighted by Gasteiger charge is -2.11. The molecule has 1 aromatic carbocycles. The Kier molecular flexibility index (Phi) is 4.20. The Bertz CT molecular complexity index is 412. The Balaban J connectivity index is 1.98. The summed E-state index contributed by atoms with van der Waals surface area (Å²) in [6.07, 6.45) is 1.21. The fourth-order valence-corrected chi connectivity index (χ4v) is 1.63. The van der Waals surface area contributed by atoms with Crippen molar-refractivity contribution in [1.29, 1.82) is 0 Å². The zero-order valence-electron chi connectivity index (χ0n) is 10.5. The highest BCUT2D eigenvalue weighted by Crippen LogP contribution is 2.30. The van der Waals surface area contributed by atoms with E-state index in [4.69, 9.17) is 9.47 Å². The van der Waals surface area contributed by atoms with Gasteiger partial charge < -0.3 is 14.6 Å². The van der Waals surface area contributed by atoms with Crippen LogP contribution in [-0.4, -0.2) is 24.3 Å². The van der Waals surface area contributed by atoms with E-state index in [0.717, 1.165) is 0 Å². The van der Waals surface area contributed by atoms with Gasteiger partial charge in [0.2, 0.25) is 0 Å². The zero-order chi connectivity index (χ0) is 13.0. The van der Waals surface area contributed by atoms with E-state index in [0.29, 0.717) is 23.8 Å². The summed E-state index contributed by atoms with van der Waals surface area (Å²) in [5, 5.41) is 9.80. The van der Waals surface area contributed by atoms with Crippen LogP contribution >= 0.6 is 0 Å². The third-order valence-corrected chi connectivity index (χ3v) is 2.87. The van der Waals surface area contributed by atoms with Crippen molar-refractivity contribution in [2.24, 2.45) is 5.92 Å². The second-order valence-corrected chi connectivity index (χ2v) is 4.48. The third-order valence-electron chi connectivity index (χ3n) is 2.87. The minimum Gasteiger partial charge on any atom is -0.493 e. The average Bonchev–Trinajstić information content (AvgIpc) is 3.20. The van der Waals surface area contributed by atoms with E-state index >= 15 is 0 Å². The molecule has 0 spiro atoms. The van der Waals surface area contributed by atoms with Crippen LogP contribution in [0, 0.1) is 5.92 Å². The van der Waals surface area contributed by atoms with Gasteiger partial charge in [0, 0.05) is 0 Å². The molecule has 0 amide bonds. The number of rotatable bonds is 6. The molecule has 18 heavy (non-hydrogen) atoms. The summed E-state index contributed by atoms with van der Waals surface area (Å²) >= 11 is 0. The number of hydrogen-bond donors (Lipinski definition) is 1. The first-order valence-electron chi connectivity index (χ1n) is 6.28. The molecule has 1 unspecified atom stereocenters. The van der Waals surface area contributed by atoms with Crippen molar-refractivity contribution in [1.82, 2.24) is 0 Å². The largest absolute Gasteiger partial charge is 0.493 e. The Morgan fingerprint density at radius 1 is 1.50 bits per heavy atom. The molecule has 98 valence electrons. The van der Waals surface area contributed by atoms with Crippen LogP contribution in [0.25, 0.3) is 0 Å². The van der Waals surface area contributed by atoms with Gasteiger partial charge in [-0.05, 0) is 43.4 Å². The molecule has 1 fully saturated rings. The van der Waals surface area contributed by atoms with Crippen molar-refractivity contribution in [2.75, 3.05) is 13.2 Å². The number of aliphatic hydroxyl groups is 1. The second kappa shape index (κ2) is 5.87. The summed E-state index contributed by atoms with van der Waals surface area (Å²) < 4.78 is 10.4. The monoisotopic (exact) mass is 250 g/mol. The predicted octanol–water partition coefficient (Wildman–Crippen LogP) is 2.07. The van der Waals surface area contributed by atoms with Crippen molar-refractivity contribution < 1.29 is 19.4 Å². The molecule has 4 heteroatoms. The van der Waals surface area contributed by atoms with Crippen molar-refractivity contribution in [3.63, 3.8) is 0 Å². The lowest BCUT2D eigenvalue weighted by molar-refractivity contribution is -0.153. The van der Waals surface area contributed by atoms with Crippen LogP contribution in [0.1, 0.15) is 31.4 Å². The van der Waals surface area contributed by atoms with Crippen LogP contribution in [0.15, 0.2) is 24.3 Å². The number of esters is 1. The molecule has 1 aromatic rings. The molecule has 4 nitrogen and oxygen atoms in total. The first-order chi connectivity index (χ1) is 8.70. The van der Waals surface area contributed by atoms with Crippen LogP contribution in [0.4, 0.5) is 0 Å². The smallest absolute Gasteiger partial charge is 0.339 e. The molecule has 0 bridgehead atoms. The minimum absolute atomic E-state index is 0.258. The molecular formula is C14H18O4. The molecule has 1 saturated carbocycles. The molecule has 1 aliphatic carbocycles. The SMILES string of the molecule is CCOC(=O)C(O)c1cccc(OCC2CC2)c1. The Morgan fingerprint density at radius 3 is 2.94 bits per heavy atom. The van der Waals surface area contributed by atoms with Gasteiger partial charge in [0.05, 0.1) is 13.2 Å². The van der Waals surface area contributed by atoms with Gasteiger partial charge in [-0.25, -0.2) is 4.79 Å². The van der Waals surface area contributed by atoms with E-state index in [-0.39, 0.29) is 6.61 Å². The number of aliphatic hydroxyl groups excluding tert-OH is 1. The first-order valence-corrected chi connectivity index (χ1v) is 6.28. The molecule has 1 N–H and O–H groups in total. The molecule has 0 radical (unpaired) electrons. The van der Waals surface area contributed by atoms with Gasteiger partial charge in [-0.15, -0.1) is 0 Å². The quantitative estimate of drug-likeness (QED) is 0.785. The molecule has 0 aromatic heterocycles. The highest BCUT2D eigenvalue weighted by Gasteiger charge is 2.22. The first kappa shape index (κ1) is 12.9. The second-order valence-electron chi connectivity index (χ2n) is 4.48. The summed E-state index contributed by atoms with van der Waals surface area (Å²) in [6, 6.07) is 6.96. The average molecular weight is 250 g/mol. The molecule has 0 heterocycles. The molecular weight excluding hydrogens is 232 g/mol. The highest BCUT2D eigenvalue weighted by molar-refractivity contribution is 5.76. The summed E-state index contributed by atoms with van der Waals surface area (Å²) in [5.74, 6) is 0.725. The number of carbonyl (C=O) groups is 1. The standard InChI is InChI=1S/C14H18O4/c1-2-17-14(16)13(15)11-4-3-5-12(8-11)18-9-10-6-7-10/h3-5,8,10,13,15H,2,6-7,9H2,1H3. The predicted molar refractivity (Wildman–Crippen MR) is 66.3 cm³/mol. The minimum atomic E-state index is -1.24. The van der Waals surface area contributed by atoms with E-state index in [1.165, 1.54) is 12.8 Å². The van der Waals surface area contributed by atoms with E-state index in [1.54, 1.807) is 25.1 Å². The van der Waals surface area contributed by atoms with Crippen molar-refractivity contribution in [3.05, 3.63) is 29.8 Å². The van der Waals surface area contributed by atoms with Gasteiger partial charge in [0.15, 0.2) is 6.10 Å². The topological polar surface area (TPSA) is 55.8 Å². The van der Waals surface area contributed by atoms with E-state index in [1.807, 2.05) is 6.07 Å². The van der Waals surface area contributed by atoms with Crippen LogP contribution in [-0.2, 0) is 9.53 Å². The van der Waals surface area contributed by atoms with E-state index in [2.05, 4.69) is 0 Å². The number of benzene rings is 1. The van der Waals surface area contributed by atoms with Gasteiger partial charge in [-0.3, -0.25) is 0 Å². The zero-order valence-corrected chi connectivity index (χ0v) is 10.5. The van der Waals surface area contributed by atoms with Crippen LogP contribution in [0.2, 0.25) is 0 Å². The maximum Gasteiger partial charge on any atom is 0.339 e. The van der Waals surface area contributed by atoms with Crippen molar-refractivity contribution in [3.8, 4) is 5.75 Å². The Morgan fingerprint density at radius 2 is 2.28 bits per heavy atom. The maximum atomic E-state index is 11.4. The van der Waals surface area contributed by atoms with Crippen molar-refractivity contribution in [2.45, 2.75) is 25.9 Å². The molecule has 1 atom stereocenters. The third kappa shape index (κ3) is 3.47. The summed E-state index contributed by atoms with van der Waals surface area (Å²) in [7, 11) is 0. The fourth-order valence-electron chi connectivity index (χ4n) is 1.63. The van der Waals surface area contributed by atoms with Crippen LogP contribution in [0.3, 0.4) is 0 Å². The highest BCUT2D eigenvalue weighted by atomic mass is 16.5. The van der Waals surface area contributed by atoms with Crippen molar-refractivity contribution >= 4 is 5.97 Å². The number of hydrogen-bond acceptors (Lipinski definition) is 4. The summed E-state index contributed by atoms with van der Waals surface area (Å²) in [4.78, 5) is 11.4. The van der Waals surface area contributed by atoms with E-state index in [9.17, 15) is 9.90 Å². The van der Waals surface area contributed by atoms with Gasteiger partial charge >= 0.3 is 5.97 Å². The van der Waals surface area contributed by atoms with Gasteiger partial charge in [-0.2, -0.15) is 0 Å². The number of ether oxygens (including phenoxy) is 2. The van der Waals surface area contributed by atoms with Crippen LogP contribution < -0.4 is 4.74 Å². The van der Waals surface area contributed by atoms with Crippen LogP contribution in [0.5, 0.6) is 5.75 Å². The maximum absolute atomic E-state index is 11.4. The lowest BCUT2D eigenvalue weighted by Crippen LogP contribution is -2.15. The Labute approximate surface area is 107 Å². The normalized spacial score (nSPS) is 16.1. The lowest BCUT2D eigenvalue weighted by atomic mass is 10.1. The van der Waals surface area contributed by atoms with Gasteiger partial charge in [-0.1, -0.05) is 12.1 Å². The Hall–Kier alpha value is -1.55. The molecule has 2 rings (SSSR count). The fraction of sp³-hybridized carbons (Fsp3) is 0.500. The molecule has 0 saturated heterocycles. The van der Waals surface area contributed by atoms with Gasteiger partial charge in [0.25, 0.3) is 0 Å². The molecule has 0 aliphatic heterocycles. The summed E-state index contributed by atoms with van der Waals surface area (Å²) in [6.45, 7) is 2.67. The van der Waals surface area contributed by atoms with Gasteiger partial charge in [0.1, 0.15) is 5.75 Å². The van der Waals surface area contributed by atoms with E-state index < -0.39 is 12.1 Å². The molecule has 1 aliphatic rings.